The van der Waals surface area contributed by atoms with Crippen molar-refractivity contribution in [2.24, 2.45) is 0 Å². The number of Topliss-reactive ketones (excluding diaryl/α,β-unsaturated/α-hetero) is 1. The predicted octanol–water partition coefficient (Wildman–Crippen LogP) is 0.987. The lowest BCUT2D eigenvalue weighted by molar-refractivity contribution is -0.277. The van der Waals surface area contributed by atoms with Gasteiger partial charge in [0, 0.05) is 40.7 Å². The summed E-state index contributed by atoms with van der Waals surface area (Å²) in [5, 5.41) is 181. The summed E-state index contributed by atoms with van der Waals surface area (Å²) in [5.41, 5.74) is 2.95. The summed E-state index contributed by atoms with van der Waals surface area (Å²) < 4.78 is 42.7. The smallest absolute Gasteiger partial charge is 0.229 e. The maximum Gasteiger partial charge on any atom is 0.229 e. The molecule has 6 aromatic carbocycles. The average molecular weight is 1230 g/mol. The van der Waals surface area contributed by atoms with E-state index in [2.05, 4.69) is 0 Å². The zero-order valence-corrected chi connectivity index (χ0v) is 46.9. The molecule has 6 aromatic rings. The molecule has 0 saturated carbocycles. The molecule has 0 bridgehead atoms. The van der Waals surface area contributed by atoms with Crippen LogP contribution in [0.25, 0.3) is 0 Å². The molecule has 17 N–H and O–H groups in total. The van der Waals surface area contributed by atoms with Gasteiger partial charge in [-0.15, -0.1) is 0 Å². The summed E-state index contributed by atoms with van der Waals surface area (Å²) in [6.07, 6.45) is -26.6. The minimum absolute atomic E-state index is 0.00201. The Labute approximate surface area is 502 Å². The third-order valence-corrected chi connectivity index (χ3v) is 16.5. The molecule has 18 atom stereocenters. The Bertz CT molecular complexity index is 3360. The molecule has 4 heterocycles. The molecule has 0 radical (unpaired) electrons. The largest absolute Gasteiger partial charge is 0.508 e. The Balaban J connectivity index is 1.16. The molecule has 88 heavy (non-hydrogen) atoms. The Morgan fingerprint density at radius 2 is 0.852 bits per heavy atom. The second-order valence-electron chi connectivity index (χ2n) is 22.4. The van der Waals surface area contributed by atoms with Crippen LogP contribution in [0.1, 0.15) is 86.5 Å². The van der Waals surface area contributed by atoms with Gasteiger partial charge >= 0.3 is 0 Å². The number of aliphatic hydroxyl groups excluding tert-OH is 12. The molecule has 0 amide bonds. The van der Waals surface area contributed by atoms with Crippen molar-refractivity contribution >= 4 is 5.78 Å². The summed E-state index contributed by atoms with van der Waals surface area (Å²) in [5.74, 6) is -4.13. The van der Waals surface area contributed by atoms with Crippen LogP contribution in [0.3, 0.4) is 0 Å². The molecule has 4 aliphatic rings. The fourth-order valence-corrected chi connectivity index (χ4v) is 11.6. The van der Waals surface area contributed by atoms with Crippen LogP contribution in [0, 0.1) is 0 Å². The molecule has 3 saturated heterocycles. The van der Waals surface area contributed by atoms with Crippen LogP contribution >= 0.6 is 0 Å². The predicted molar refractivity (Wildman–Crippen MR) is 303 cm³/mol. The number of ether oxygens (including phenoxy) is 7. The number of aliphatic hydroxyl groups is 12. The van der Waals surface area contributed by atoms with Crippen LogP contribution in [0.15, 0.2) is 115 Å². The van der Waals surface area contributed by atoms with Crippen LogP contribution < -0.4 is 18.9 Å². The van der Waals surface area contributed by atoms with Gasteiger partial charge in [-0.25, -0.2) is 0 Å². The van der Waals surface area contributed by atoms with E-state index in [1.165, 1.54) is 78.9 Å². The highest BCUT2D eigenvalue weighted by Crippen LogP contribution is 2.50. The lowest BCUT2D eigenvalue weighted by Gasteiger charge is -2.40. The molecular formula is C63H70O25. The van der Waals surface area contributed by atoms with Gasteiger partial charge in [0.1, 0.15) is 120 Å². The SMILES string of the molecule is O=C1C[C@@H](c2ccc(O)c(O[C@@H]3O[C@H](CO)[C@@H](O)[C@H](O)[C@H]3O)c2)Oc2c1cc([C@H](CCc1ccc(O)cc1)c1ccc(O)cc1O[C@@H]1O[C@H](CO)[C@@H](O)[C@H](O)[C@H]1O)cc2[C@@H](CCc1ccc(O)cc1)c1ccc(O)cc1O[C@@H]1O[C@H](CO)[C@@H](O)[C@H](O)[C@H]1O. The maximum atomic E-state index is 15.3. The van der Waals surface area contributed by atoms with Gasteiger partial charge < -0.3 is 120 Å². The van der Waals surface area contributed by atoms with Gasteiger partial charge in [0.15, 0.2) is 17.3 Å². The summed E-state index contributed by atoms with van der Waals surface area (Å²) >= 11 is 0. The number of fused-ring (bicyclic) bond motifs is 1. The van der Waals surface area contributed by atoms with Gasteiger partial charge in [-0.3, -0.25) is 4.79 Å². The standard InChI is InChI=1S/C63H70O25/c64-25-48-51(73)54(76)57(79)61(86-48)83-45-22-34(69)12-16-38(45)36(14-5-28-1-8-32(67)9-2-28)31-19-40(60-41(20-31)43(72)24-44(82-60)30-7-18-42(71)47(21-30)85-63-59(81)56(78)53(75)50(27-66)88-63)37(15-6-29-3-10-33(68)11-4-29)39-17-13-35(70)23-46(39)84-62-58(80)55(77)52(74)49(26-65)87-62/h1-4,7-13,16-23,36-37,44,48-59,61-71,73-81H,5-6,14-15,24-27H2/t36-,37-,44-,48+,49+,50+,51+,52+,53+,54-,55-,56-,57+,58+,59+,61+,62+,63+/m0/s1. The van der Waals surface area contributed by atoms with Crippen LogP contribution in [0.5, 0.6) is 51.7 Å². The first-order valence-electron chi connectivity index (χ1n) is 28.5. The fraction of sp³-hybridized carbons (Fsp3) is 0.413. The fourth-order valence-electron chi connectivity index (χ4n) is 11.6. The van der Waals surface area contributed by atoms with Crippen LogP contribution in [-0.4, -0.2) is 205 Å². The van der Waals surface area contributed by atoms with Gasteiger partial charge in [-0.2, -0.15) is 0 Å². The number of hydrogen-bond acceptors (Lipinski definition) is 25. The number of rotatable bonds is 20. The number of carbonyl (C=O) groups excluding carboxylic acids is 1. The number of ketones is 1. The highest BCUT2D eigenvalue weighted by Gasteiger charge is 2.48. The number of aryl methyl sites for hydroxylation is 2. The van der Waals surface area contributed by atoms with E-state index in [1.54, 1.807) is 36.4 Å². The number of phenolic OH excluding ortho intramolecular Hbond substituents is 5. The van der Waals surface area contributed by atoms with Gasteiger partial charge in [0.2, 0.25) is 18.9 Å². The van der Waals surface area contributed by atoms with Crippen molar-refractivity contribution < 1.29 is 125 Å². The first-order valence-corrected chi connectivity index (χ1v) is 28.5. The Kier molecular flexibility index (Phi) is 19.6. The Morgan fingerprint density at radius 3 is 1.31 bits per heavy atom. The van der Waals surface area contributed by atoms with E-state index in [-0.39, 0.29) is 100 Å². The Hall–Kier alpha value is -7.41. The van der Waals surface area contributed by atoms with E-state index in [1.807, 2.05) is 0 Å². The third kappa shape index (κ3) is 13.4. The van der Waals surface area contributed by atoms with E-state index < -0.39 is 141 Å². The summed E-state index contributed by atoms with van der Waals surface area (Å²) in [4.78, 5) is 15.3. The molecule has 0 unspecified atom stereocenters. The lowest BCUT2D eigenvalue weighted by Crippen LogP contribution is -2.60. The quantitative estimate of drug-likeness (QED) is 0.0507. The van der Waals surface area contributed by atoms with Crippen molar-refractivity contribution in [1.82, 2.24) is 0 Å². The normalized spacial score (nSPS) is 29.5. The average Bonchev–Trinajstić information content (AvgIpc) is 0.925. The third-order valence-electron chi connectivity index (χ3n) is 16.5. The molecule has 25 heteroatoms. The van der Waals surface area contributed by atoms with E-state index in [0.29, 0.717) is 16.7 Å². The maximum absolute atomic E-state index is 15.3. The van der Waals surface area contributed by atoms with Gasteiger partial charge in [-0.05, 0) is 103 Å². The molecule has 0 aliphatic carbocycles. The minimum Gasteiger partial charge on any atom is -0.508 e. The molecule has 3 fully saturated rings. The van der Waals surface area contributed by atoms with Gasteiger partial charge in [-0.1, -0.05) is 48.5 Å². The van der Waals surface area contributed by atoms with E-state index >= 15 is 4.79 Å². The van der Waals surface area contributed by atoms with E-state index in [4.69, 9.17) is 33.2 Å². The van der Waals surface area contributed by atoms with Crippen molar-refractivity contribution in [3.8, 4) is 51.7 Å². The summed E-state index contributed by atoms with van der Waals surface area (Å²) in [6.45, 7) is -2.36. The minimum atomic E-state index is -1.92. The van der Waals surface area contributed by atoms with Crippen molar-refractivity contribution in [3.63, 3.8) is 0 Å². The number of phenols is 5. The van der Waals surface area contributed by atoms with Crippen molar-refractivity contribution in [3.05, 3.63) is 160 Å². The highest BCUT2D eigenvalue weighted by molar-refractivity contribution is 6.01. The topological polar surface area (TPSA) is 426 Å². The summed E-state index contributed by atoms with van der Waals surface area (Å²) in [7, 11) is 0. The first kappa shape index (κ1) is 63.6. The van der Waals surface area contributed by atoms with Crippen molar-refractivity contribution in [1.29, 1.82) is 0 Å². The Morgan fingerprint density at radius 1 is 0.432 bits per heavy atom. The van der Waals surface area contributed by atoms with Gasteiger partial charge in [0.05, 0.1) is 31.8 Å². The molecule has 25 nitrogen and oxygen atoms in total. The zero-order valence-electron chi connectivity index (χ0n) is 46.9. The second kappa shape index (κ2) is 27.1. The number of aromatic hydroxyl groups is 5. The molecule has 10 rings (SSSR count). The molecule has 472 valence electrons. The number of carbonyl (C=O) groups is 1. The first-order chi connectivity index (χ1) is 42.1. The van der Waals surface area contributed by atoms with Crippen LogP contribution in [0.2, 0.25) is 0 Å². The van der Waals surface area contributed by atoms with E-state index in [9.17, 15) is 86.8 Å². The second-order valence-corrected chi connectivity index (χ2v) is 22.4. The zero-order chi connectivity index (χ0) is 62.8. The van der Waals surface area contributed by atoms with Gasteiger partial charge in [0.25, 0.3) is 0 Å². The highest BCUT2D eigenvalue weighted by atomic mass is 16.7. The molecule has 0 spiro atoms. The van der Waals surface area contributed by atoms with Crippen LogP contribution in [0.4, 0.5) is 0 Å². The number of benzene rings is 6. The monoisotopic (exact) mass is 1230 g/mol. The van der Waals surface area contributed by atoms with E-state index in [0.717, 1.165) is 5.56 Å². The van der Waals surface area contributed by atoms with Crippen molar-refractivity contribution in [2.45, 2.75) is 142 Å². The lowest BCUT2D eigenvalue weighted by atomic mass is 9.78. The summed E-state index contributed by atoms with van der Waals surface area (Å²) in [6, 6.07) is 28.3. The number of hydrogen-bond donors (Lipinski definition) is 17. The molecule has 0 aromatic heterocycles. The van der Waals surface area contributed by atoms with Crippen LogP contribution in [-0.2, 0) is 27.1 Å². The molecule has 4 aliphatic heterocycles. The van der Waals surface area contributed by atoms with Crippen molar-refractivity contribution in [2.75, 3.05) is 19.8 Å². The molecular weight excluding hydrogens is 1160 g/mol.